The van der Waals surface area contributed by atoms with Gasteiger partial charge in [-0.3, -0.25) is 14.2 Å². The molecule has 150 valence electrons. The molecule has 1 aliphatic rings. The second kappa shape index (κ2) is 7.40. The molecular weight excluding hydrogens is 397 g/mol. The van der Waals surface area contributed by atoms with Crippen molar-refractivity contribution < 1.29 is 18.7 Å². The van der Waals surface area contributed by atoms with Gasteiger partial charge in [-0.25, -0.2) is 14.2 Å². The number of carbonyl (C=O) groups excluding carboxylic acids is 2. The number of amides is 1. The summed E-state index contributed by atoms with van der Waals surface area (Å²) < 4.78 is 19.9. The molecule has 1 amide bonds. The normalized spacial score (nSPS) is 13.9. The molecule has 1 atom stereocenters. The average molecular weight is 415 g/mol. The molecule has 0 aliphatic carbocycles. The Kier molecular flexibility index (Phi) is 4.91. The summed E-state index contributed by atoms with van der Waals surface area (Å²) in [6.45, 7) is 3.76. The first kappa shape index (κ1) is 19.3. The number of aryl methyl sites for hydroxylation is 2. The number of nitrogens with zero attached hydrogens (tertiary/aromatic N) is 2. The average Bonchev–Trinajstić information content (AvgIpc) is 3.28. The summed E-state index contributed by atoms with van der Waals surface area (Å²) in [6.07, 6.45) is 0.549. The second-order valence-electron chi connectivity index (χ2n) is 6.87. The van der Waals surface area contributed by atoms with E-state index in [1.165, 1.54) is 31.2 Å². The third kappa shape index (κ3) is 3.53. The van der Waals surface area contributed by atoms with Crippen LogP contribution in [-0.4, -0.2) is 27.5 Å². The van der Waals surface area contributed by atoms with Crippen molar-refractivity contribution in [1.29, 1.82) is 0 Å². The van der Waals surface area contributed by atoms with Crippen LogP contribution < -0.4 is 10.9 Å². The first-order chi connectivity index (χ1) is 13.8. The largest absolute Gasteiger partial charge is 0.448 e. The molecule has 2 aromatic heterocycles. The zero-order chi connectivity index (χ0) is 20.7. The standard InChI is InChI=1S/C20H18FN3O4S/c1-10-15-18(23-14-4-3-9-24(14)19(15)26)29-16(10)20(27)28-11(2)17(25)22-13-7-5-12(21)6-8-13/h5-8,11H,3-4,9H2,1-2H3,(H,22,25). The summed E-state index contributed by atoms with van der Waals surface area (Å²) >= 11 is 1.10. The Morgan fingerprint density at radius 3 is 2.76 bits per heavy atom. The van der Waals surface area contributed by atoms with E-state index in [0.29, 0.717) is 28.0 Å². The zero-order valence-electron chi connectivity index (χ0n) is 15.8. The van der Waals surface area contributed by atoms with Gasteiger partial charge >= 0.3 is 5.97 Å². The number of fused-ring (bicyclic) bond motifs is 2. The van der Waals surface area contributed by atoms with Crippen molar-refractivity contribution >= 4 is 39.1 Å². The minimum atomic E-state index is -1.07. The van der Waals surface area contributed by atoms with Crippen LogP contribution in [0.1, 0.15) is 34.4 Å². The van der Waals surface area contributed by atoms with E-state index in [2.05, 4.69) is 10.3 Å². The number of hydrogen-bond donors (Lipinski definition) is 1. The molecule has 1 aliphatic heterocycles. The van der Waals surface area contributed by atoms with Crippen LogP contribution in [0.4, 0.5) is 10.1 Å². The van der Waals surface area contributed by atoms with E-state index in [1.54, 1.807) is 11.5 Å². The van der Waals surface area contributed by atoms with E-state index in [0.717, 1.165) is 30.0 Å². The van der Waals surface area contributed by atoms with Crippen LogP contribution in [-0.2, 0) is 22.5 Å². The summed E-state index contributed by atoms with van der Waals surface area (Å²) in [4.78, 5) is 42.9. The molecule has 0 saturated heterocycles. The lowest BCUT2D eigenvalue weighted by Crippen LogP contribution is -2.30. The van der Waals surface area contributed by atoms with Crippen LogP contribution in [0.2, 0.25) is 0 Å². The van der Waals surface area contributed by atoms with Crippen molar-refractivity contribution in [3.05, 3.63) is 56.7 Å². The predicted octanol–water partition coefficient (Wildman–Crippen LogP) is 3.04. The van der Waals surface area contributed by atoms with E-state index in [1.807, 2.05) is 0 Å². The molecule has 7 nitrogen and oxygen atoms in total. The molecule has 29 heavy (non-hydrogen) atoms. The minimum absolute atomic E-state index is 0.141. The van der Waals surface area contributed by atoms with Crippen molar-refractivity contribution in [3.63, 3.8) is 0 Å². The Bertz CT molecular complexity index is 1180. The molecule has 0 bridgehead atoms. The Morgan fingerprint density at radius 2 is 2.03 bits per heavy atom. The number of hydrogen-bond acceptors (Lipinski definition) is 6. The molecule has 1 unspecified atom stereocenters. The number of halogens is 1. The third-order valence-electron chi connectivity index (χ3n) is 4.86. The van der Waals surface area contributed by atoms with Crippen LogP contribution >= 0.6 is 11.3 Å². The number of carbonyl (C=O) groups is 2. The SMILES string of the molecule is Cc1c(C(=O)OC(C)C(=O)Nc2ccc(F)cc2)sc2nc3n(c(=O)c12)CCC3. The molecule has 4 rings (SSSR count). The fraction of sp³-hybridized carbons (Fsp3) is 0.300. The summed E-state index contributed by atoms with van der Waals surface area (Å²) in [5.74, 6) is -0.911. The number of nitrogens with one attached hydrogen (secondary N) is 1. The molecule has 1 N–H and O–H groups in total. The Morgan fingerprint density at radius 1 is 1.31 bits per heavy atom. The fourth-order valence-electron chi connectivity index (χ4n) is 3.31. The topological polar surface area (TPSA) is 90.3 Å². The minimum Gasteiger partial charge on any atom is -0.448 e. The lowest BCUT2D eigenvalue weighted by molar-refractivity contribution is -0.123. The summed E-state index contributed by atoms with van der Waals surface area (Å²) in [5.41, 5.74) is 0.766. The van der Waals surface area contributed by atoms with Crippen LogP contribution in [0.5, 0.6) is 0 Å². The van der Waals surface area contributed by atoms with Crippen LogP contribution in [0.15, 0.2) is 29.1 Å². The maximum Gasteiger partial charge on any atom is 0.349 e. The number of ether oxygens (including phenoxy) is 1. The first-order valence-corrected chi connectivity index (χ1v) is 9.97. The predicted molar refractivity (Wildman–Crippen MR) is 107 cm³/mol. The van der Waals surface area contributed by atoms with Crippen molar-refractivity contribution in [2.24, 2.45) is 0 Å². The van der Waals surface area contributed by atoms with E-state index < -0.39 is 23.8 Å². The number of esters is 1. The highest BCUT2D eigenvalue weighted by atomic mass is 32.1. The number of rotatable bonds is 4. The number of aromatic nitrogens is 2. The van der Waals surface area contributed by atoms with Gasteiger partial charge < -0.3 is 10.1 Å². The lowest BCUT2D eigenvalue weighted by atomic mass is 10.2. The van der Waals surface area contributed by atoms with E-state index in [4.69, 9.17) is 4.74 Å². The molecule has 0 spiro atoms. The fourth-order valence-corrected chi connectivity index (χ4v) is 4.39. The maximum absolute atomic E-state index is 13.0. The summed E-state index contributed by atoms with van der Waals surface area (Å²) in [7, 11) is 0. The molecule has 9 heteroatoms. The Balaban J connectivity index is 1.53. The highest BCUT2D eigenvalue weighted by Gasteiger charge is 2.26. The summed E-state index contributed by atoms with van der Waals surface area (Å²) in [5, 5.41) is 2.99. The van der Waals surface area contributed by atoms with Gasteiger partial charge in [-0.2, -0.15) is 0 Å². The van der Waals surface area contributed by atoms with Crippen molar-refractivity contribution in [2.45, 2.75) is 39.3 Å². The number of anilines is 1. The number of thiophene rings is 1. The lowest BCUT2D eigenvalue weighted by Gasteiger charge is -2.13. The van der Waals surface area contributed by atoms with Gasteiger partial charge in [0.25, 0.3) is 11.5 Å². The number of benzene rings is 1. The summed E-state index contributed by atoms with van der Waals surface area (Å²) in [6, 6.07) is 5.26. The first-order valence-electron chi connectivity index (χ1n) is 9.15. The second-order valence-corrected chi connectivity index (χ2v) is 7.87. The van der Waals surface area contributed by atoms with E-state index >= 15 is 0 Å². The van der Waals surface area contributed by atoms with Gasteiger partial charge in [0.15, 0.2) is 6.10 Å². The van der Waals surface area contributed by atoms with Crippen LogP contribution in [0.3, 0.4) is 0 Å². The quantitative estimate of drug-likeness (QED) is 0.662. The van der Waals surface area contributed by atoms with Gasteiger partial charge in [-0.15, -0.1) is 11.3 Å². The Hall–Kier alpha value is -3.07. The molecule has 3 heterocycles. The van der Waals surface area contributed by atoms with Gasteiger partial charge in [-0.05, 0) is 50.1 Å². The molecule has 0 fully saturated rings. The van der Waals surface area contributed by atoms with Gasteiger partial charge in [0.05, 0.1) is 5.39 Å². The van der Waals surface area contributed by atoms with Gasteiger partial charge in [-0.1, -0.05) is 0 Å². The molecule has 0 radical (unpaired) electrons. The van der Waals surface area contributed by atoms with Crippen LogP contribution in [0.25, 0.3) is 10.2 Å². The molecule has 1 aromatic carbocycles. The zero-order valence-corrected chi connectivity index (χ0v) is 16.6. The van der Waals surface area contributed by atoms with Gasteiger partial charge in [0, 0.05) is 18.7 Å². The Labute approximate surface area is 169 Å². The van der Waals surface area contributed by atoms with E-state index in [9.17, 15) is 18.8 Å². The monoisotopic (exact) mass is 415 g/mol. The molecule has 3 aromatic rings. The maximum atomic E-state index is 13.0. The van der Waals surface area contributed by atoms with E-state index in [-0.39, 0.29) is 10.4 Å². The van der Waals surface area contributed by atoms with Crippen LogP contribution in [0, 0.1) is 12.7 Å². The third-order valence-corrected chi connectivity index (χ3v) is 6.03. The molecular formula is C20H18FN3O4S. The molecule has 0 saturated carbocycles. The smallest absolute Gasteiger partial charge is 0.349 e. The van der Waals surface area contributed by atoms with Crippen molar-refractivity contribution in [2.75, 3.05) is 5.32 Å². The highest BCUT2D eigenvalue weighted by Crippen LogP contribution is 2.29. The van der Waals surface area contributed by atoms with Crippen molar-refractivity contribution in [3.8, 4) is 0 Å². The highest BCUT2D eigenvalue weighted by molar-refractivity contribution is 7.20. The van der Waals surface area contributed by atoms with Crippen molar-refractivity contribution in [1.82, 2.24) is 9.55 Å². The van der Waals surface area contributed by atoms with Gasteiger partial charge in [0.2, 0.25) is 0 Å². The van der Waals surface area contributed by atoms with Gasteiger partial charge in [0.1, 0.15) is 21.3 Å².